The Hall–Kier alpha value is -3.22. The second-order valence-corrected chi connectivity index (χ2v) is 7.76. The van der Waals surface area contributed by atoms with Crippen molar-refractivity contribution in [3.05, 3.63) is 48.2 Å². The van der Waals surface area contributed by atoms with Crippen LogP contribution in [0.4, 0.5) is 0 Å². The third kappa shape index (κ3) is 2.22. The molecule has 0 spiro atoms. The topological polar surface area (TPSA) is 92.0 Å². The highest BCUT2D eigenvalue weighted by molar-refractivity contribution is 6.07. The number of carboxylic acids is 1. The van der Waals surface area contributed by atoms with Crippen molar-refractivity contribution >= 4 is 34.9 Å². The van der Waals surface area contributed by atoms with Crippen LogP contribution in [0.15, 0.2) is 47.7 Å². The summed E-state index contributed by atoms with van der Waals surface area (Å²) < 4.78 is 1.66. The summed E-state index contributed by atoms with van der Waals surface area (Å²) in [5, 5.41) is 15.4. The summed E-state index contributed by atoms with van der Waals surface area (Å²) >= 11 is 0. The number of para-hydroxylation sites is 1. The smallest absolute Gasteiger partial charge is 0.326 e. The van der Waals surface area contributed by atoms with Crippen LogP contribution >= 0.6 is 0 Å². The number of amides is 2. The SMILES string of the molecule is C[C@@H](C(=O)O)n1cc(C=NN2C(=O)[C@@H]3[C@H](C2=O)[C@H]2C=C[C@H]3C2)c2ccccc21. The minimum atomic E-state index is -0.940. The fraction of sp³-hybridized carbons (Fsp3) is 0.333. The molecule has 1 aliphatic heterocycles. The lowest BCUT2D eigenvalue weighted by Gasteiger charge is -2.13. The molecule has 3 aliphatic rings. The molecule has 2 heterocycles. The number of allylic oxidation sites excluding steroid dienone is 2. The molecule has 7 heteroatoms. The summed E-state index contributed by atoms with van der Waals surface area (Å²) in [7, 11) is 0. The van der Waals surface area contributed by atoms with E-state index >= 15 is 0 Å². The average Bonchev–Trinajstić information content (AvgIpc) is 3.43. The van der Waals surface area contributed by atoms with Crippen molar-refractivity contribution < 1.29 is 19.5 Å². The first-order chi connectivity index (χ1) is 13.5. The molecule has 2 aliphatic carbocycles. The zero-order valence-corrected chi connectivity index (χ0v) is 15.2. The van der Waals surface area contributed by atoms with Crippen molar-refractivity contribution in [2.75, 3.05) is 0 Å². The van der Waals surface area contributed by atoms with Crippen LogP contribution in [0, 0.1) is 23.7 Å². The van der Waals surface area contributed by atoms with E-state index in [1.54, 1.807) is 17.7 Å². The van der Waals surface area contributed by atoms with E-state index in [0.29, 0.717) is 5.56 Å². The van der Waals surface area contributed by atoms with Gasteiger partial charge in [-0.3, -0.25) is 9.59 Å². The molecule has 0 unspecified atom stereocenters. The van der Waals surface area contributed by atoms with Gasteiger partial charge in [0, 0.05) is 22.7 Å². The third-order valence-corrected chi connectivity index (χ3v) is 6.31. The van der Waals surface area contributed by atoms with Crippen LogP contribution < -0.4 is 0 Å². The molecule has 1 aromatic carbocycles. The summed E-state index contributed by atoms with van der Waals surface area (Å²) in [6, 6.07) is 6.66. The molecular formula is C21H19N3O4. The number of carboxylic acid groups (broad SMARTS) is 1. The summed E-state index contributed by atoms with van der Waals surface area (Å²) in [5.41, 5.74) is 1.43. The summed E-state index contributed by atoms with van der Waals surface area (Å²) in [6.45, 7) is 1.60. The molecular weight excluding hydrogens is 358 g/mol. The number of hydrogen-bond acceptors (Lipinski definition) is 4. The number of nitrogens with zero attached hydrogens (tertiary/aromatic N) is 3. The molecule has 7 nitrogen and oxygen atoms in total. The zero-order valence-electron chi connectivity index (χ0n) is 15.2. The summed E-state index contributed by atoms with van der Waals surface area (Å²) in [5.74, 6) is -1.68. The second-order valence-electron chi connectivity index (χ2n) is 7.76. The number of aliphatic carboxylic acids is 1. The quantitative estimate of drug-likeness (QED) is 0.503. The number of carbonyl (C=O) groups excluding carboxylic acids is 2. The molecule has 2 fully saturated rings. The molecule has 28 heavy (non-hydrogen) atoms. The number of hydrazone groups is 1. The maximum atomic E-state index is 12.7. The van der Waals surface area contributed by atoms with Gasteiger partial charge in [0.15, 0.2) is 0 Å². The molecule has 1 N–H and O–H groups in total. The Bertz CT molecular complexity index is 1050. The van der Waals surface area contributed by atoms with Crippen LogP contribution in [-0.4, -0.2) is 38.7 Å². The lowest BCUT2D eigenvalue weighted by Crippen LogP contribution is -2.28. The lowest BCUT2D eigenvalue weighted by atomic mass is 9.85. The van der Waals surface area contributed by atoms with E-state index < -0.39 is 12.0 Å². The van der Waals surface area contributed by atoms with Gasteiger partial charge in [-0.05, 0) is 31.2 Å². The van der Waals surface area contributed by atoms with E-state index in [9.17, 15) is 19.5 Å². The number of aromatic nitrogens is 1. The minimum absolute atomic E-state index is 0.143. The van der Waals surface area contributed by atoms with Gasteiger partial charge < -0.3 is 9.67 Å². The van der Waals surface area contributed by atoms with Gasteiger partial charge in [-0.2, -0.15) is 10.1 Å². The molecule has 142 valence electrons. The van der Waals surface area contributed by atoms with Crippen LogP contribution in [0.25, 0.3) is 10.9 Å². The maximum Gasteiger partial charge on any atom is 0.326 e. The van der Waals surface area contributed by atoms with Crippen LogP contribution in [0.2, 0.25) is 0 Å². The van der Waals surface area contributed by atoms with Crippen molar-refractivity contribution in [2.45, 2.75) is 19.4 Å². The van der Waals surface area contributed by atoms with Gasteiger partial charge in [0.05, 0.1) is 18.1 Å². The van der Waals surface area contributed by atoms with Crippen LogP contribution in [0.5, 0.6) is 0 Å². The predicted molar refractivity (Wildman–Crippen MR) is 101 cm³/mol. The van der Waals surface area contributed by atoms with E-state index in [1.807, 2.05) is 36.4 Å². The van der Waals surface area contributed by atoms with E-state index in [2.05, 4.69) is 5.10 Å². The number of hydrogen-bond donors (Lipinski definition) is 1. The van der Waals surface area contributed by atoms with Gasteiger partial charge >= 0.3 is 5.97 Å². The van der Waals surface area contributed by atoms with Gasteiger partial charge in [-0.25, -0.2) is 4.79 Å². The van der Waals surface area contributed by atoms with E-state index in [4.69, 9.17) is 0 Å². The van der Waals surface area contributed by atoms with Gasteiger partial charge in [0.2, 0.25) is 0 Å². The molecule has 1 saturated carbocycles. The molecule has 1 aromatic heterocycles. The molecule has 5 atom stereocenters. The van der Waals surface area contributed by atoms with Crippen LogP contribution in [0.3, 0.4) is 0 Å². The lowest BCUT2D eigenvalue weighted by molar-refractivity contribution is -0.141. The van der Waals surface area contributed by atoms with Gasteiger partial charge in [-0.15, -0.1) is 0 Å². The monoisotopic (exact) mass is 377 g/mol. The molecule has 2 bridgehead atoms. The number of fused-ring (bicyclic) bond motifs is 6. The first-order valence-electron chi connectivity index (χ1n) is 9.40. The highest BCUT2D eigenvalue weighted by Gasteiger charge is 2.59. The molecule has 2 amide bonds. The van der Waals surface area contributed by atoms with Crippen molar-refractivity contribution in [3.63, 3.8) is 0 Å². The van der Waals surface area contributed by atoms with E-state index in [0.717, 1.165) is 22.3 Å². The van der Waals surface area contributed by atoms with Gasteiger partial charge in [-0.1, -0.05) is 30.4 Å². The average molecular weight is 377 g/mol. The molecule has 5 rings (SSSR count). The van der Waals surface area contributed by atoms with Crippen molar-refractivity contribution in [1.29, 1.82) is 0 Å². The normalized spacial score (nSPS) is 29.4. The van der Waals surface area contributed by atoms with Gasteiger partial charge in [0.25, 0.3) is 11.8 Å². The van der Waals surface area contributed by atoms with Crippen molar-refractivity contribution in [1.82, 2.24) is 9.58 Å². The highest BCUT2D eigenvalue weighted by Crippen LogP contribution is 2.52. The standard InChI is InChI=1S/C21H19N3O4/c1-11(21(27)28)23-10-14(15-4-2-3-5-16(15)23)9-22-24-19(25)17-12-6-7-13(8-12)18(17)20(24)26/h2-7,9-13,17-18H,8H2,1H3,(H,27,28)/t11-,12-,13-,17-,18+/m0/s1. The Morgan fingerprint density at radius 3 is 2.46 bits per heavy atom. The molecule has 2 aromatic rings. The van der Waals surface area contributed by atoms with Crippen LogP contribution in [0.1, 0.15) is 24.9 Å². The zero-order chi connectivity index (χ0) is 19.6. The Morgan fingerprint density at radius 2 is 1.82 bits per heavy atom. The van der Waals surface area contributed by atoms with Crippen LogP contribution in [-0.2, 0) is 14.4 Å². The van der Waals surface area contributed by atoms with Gasteiger partial charge in [0.1, 0.15) is 6.04 Å². The Labute approximate surface area is 160 Å². The fourth-order valence-electron chi connectivity index (χ4n) is 4.89. The van der Waals surface area contributed by atoms with Crippen molar-refractivity contribution in [3.8, 4) is 0 Å². The van der Waals surface area contributed by atoms with E-state index in [-0.39, 0.29) is 35.5 Å². The summed E-state index contributed by atoms with van der Waals surface area (Å²) in [6.07, 6.45) is 8.16. The number of imide groups is 1. The highest BCUT2D eigenvalue weighted by atomic mass is 16.4. The third-order valence-electron chi connectivity index (χ3n) is 6.31. The van der Waals surface area contributed by atoms with Crippen molar-refractivity contribution in [2.24, 2.45) is 28.8 Å². The Kier molecular flexibility index (Phi) is 3.56. The molecule has 1 saturated heterocycles. The second kappa shape index (κ2) is 5.89. The first kappa shape index (κ1) is 16.9. The number of carbonyl (C=O) groups is 3. The Morgan fingerprint density at radius 1 is 1.18 bits per heavy atom. The maximum absolute atomic E-state index is 12.7. The first-order valence-corrected chi connectivity index (χ1v) is 9.40. The predicted octanol–water partition coefficient (Wildman–Crippen LogP) is 2.43. The Balaban J connectivity index is 1.49. The minimum Gasteiger partial charge on any atom is -0.480 e. The largest absolute Gasteiger partial charge is 0.480 e. The number of benzene rings is 1. The van der Waals surface area contributed by atoms with E-state index in [1.165, 1.54) is 6.21 Å². The molecule has 0 radical (unpaired) electrons. The summed E-state index contributed by atoms with van der Waals surface area (Å²) in [4.78, 5) is 36.9. The fourth-order valence-corrected chi connectivity index (χ4v) is 4.89. The number of rotatable bonds is 4.